The van der Waals surface area contributed by atoms with E-state index in [-0.39, 0.29) is 35.6 Å². The molecule has 6 heteroatoms. The van der Waals surface area contributed by atoms with Crippen molar-refractivity contribution in [2.24, 2.45) is 11.3 Å². The van der Waals surface area contributed by atoms with Gasteiger partial charge in [-0.25, -0.2) is 4.39 Å². The number of aliphatic hydroxyl groups is 1. The first-order valence-electron chi connectivity index (χ1n) is 8.35. The standard InChI is InChI=1S/C18H23FN2O3/c1-21-15(23)7-6-14(16(21)12-2-4-13(19)5-3-12)17(24)20-10-18(11-22)8-9-18/h2-5,14,16,22H,6-11H2,1H3,(H,20,24)/t14-,16-/m1/s1. The molecule has 1 heterocycles. The van der Waals surface area contributed by atoms with Crippen LogP contribution in [0.4, 0.5) is 4.39 Å². The fraction of sp³-hybridized carbons (Fsp3) is 0.556. The first kappa shape index (κ1) is 16.9. The van der Waals surface area contributed by atoms with E-state index in [2.05, 4.69) is 5.32 Å². The maximum atomic E-state index is 13.2. The lowest BCUT2D eigenvalue weighted by Gasteiger charge is -2.38. The van der Waals surface area contributed by atoms with Crippen LogP contribution in [0.25, 0.3) is 0 Å². The van der Waals surface area contributed by atoms with E-state index in [0.29, 0.717) is 19.4 Å². The minimum atomic E-state index is -0.392. The Morgan fingerprint density at radius 3 is 2.62 bits per heavy atom. The summed E-state index contributed by atoms with van der Waals surface area (Å²) in [6, 6.07) is 5.57. The molecular formula is C18H23FN2O3. The number of nitrogens with zero attached hydrogens (tertiary/aromatic N) is 1. The highest BCUT2D eigenvalue weighted by Gasteiger charge is 2.44. The number of aliphatic hydroxyl groups excluding tert-OH is 1. The smallest absolute Gasteiger partial charge is 0.225 e. The molecule has 1 aromatic rings. The van der Waals surface area contributed by atoms with Gasteiger partial charge in [0.1, 0.15) is 5.82 Å². The van der Waals surface area contributed by atoms with Crippen LogP contribution in [0.15, 0.2) is 24.3 Å². The van der Waals surface area contributed by atoms with E-state index >= 15 is 0 Å². The number of hydrogen-bond acceptors (Lipinski definition) is 3. The Morgan fingerprint density at radius 1 is 1.38 bits per heavy atom. The van der Waals surface area contributed by atoms with Crippen LogP contribution in [0.1, 0.15) is 37.3 Å². The molecule has 5 nitrogen and oxygen atoms in total. The van der Waals surface area contributed by atoms with Gasteiger partial charge in [-0.05, 0) is 37.0 Å². The highest BCUT2D eigenvalue weighted by atomic mass is 19.1. The van der Waals surface area contributed by atoms with Crippen LogP contribution in [0, 0.1) is 17.2 Å². The fourth-order valence-corrected chi connectivity index (χ4v) is 3.40. The van der Waals surface area contributed by atoms with E-state index in [0.717, 1.165) is 18.4 Å². The summed E-state index contributed by atoms with van der Waals surface area (Å²) in [6.45, 7) is 0.546. The summed E-state index contributed by atoms with van der Waals surface area (Å²) in [5.74, 6) is -0.832. The van der Waals surface area contributed by atoms with Crippen molar-refractivity contribution in [3.8, 4) is 0 Å². The van der Waals surface area contributed by atoms with Crippen LogP contribution in [-0.2, 0) is 9.59 Å². The molecule has 130 valence electrons. The van der Waals surface area contributed by atoms with Crippen LogP contribution in [-0.4, -0.2) is 42.0 Å². The van der Waals surface area contributed by atoms with Crippen molar-refractivity contribution in [2.45, 2.75) is 31.7 Å². The first-order chi connectivity index (χ1) is 11.5. The summed E-state index contributed by atoms with van der Waals surface area (Å²) in [5, 5.41) is 12.3. The molecule has 0 bridgehead atoms. The number of nitrogens with one attached hydrogen (secondary N) is 1. The maximum absolute atomic E-state index is 13.2. The van der Waals surface area contributed by atoms with Gasteiger partial charge < -0.3 is 15.3 Å². The molecular weight excluding hydrogens is 311 g/mol. The minimum absolute atomic E-state index is 0.0117. The van der Waals surface area contributed by atoms with E-state index in [1.807, 2.05) is 0 Å². The van der Waals surface area contributed by atoms with Gasteiger partial charge in [0.15, 0.2) is 0 Å². The zero-order valence-corrected chi connectivity index (χ0v) is 13.8. The molecule has 1 saturated carbocycles. The van der Waals surface area contributed by atoms with Gasteiger partial charge >= 0.3 is 0 Å². The van der Waals surface area contributed by atoms with Gasteiger partial charge in [-0.3, -0.25) is 9.59 Å². The number of likely N-dealkylation sites (tertiary alicyclic amines) is 1. The second-order valence-corrected chi connectivity index (χ2v) is 7.02. The van der Waals surface area contributed by atoms with Crippen LogP contribution < -0.4 is 5.32 Å². The average Bonchev–Trinajstić information content (AvgIpc) is 3.37. The van der Waals surface area contributed by atoms with Crippen LogP contribution in [0.5, 0.6) is 0 Å². The van der Waals surface area contributed by atoms with Crippen LogP contribution in [0.2, 0.25) is 0 Å². The van der Waals surface area contributed by atoms with Crippen molar-refractivity contribution in [2.75, 3.05) is 20.2 Å². The second-order valence-electron chi connectivity index (χ2n) is 7.02. The van der Waals surface area contributed by atoms with E-state index in [1.54, 1.807) is 24.1 Å². The predicted molar refractivity (Wildman–Crippen MR) is 86.4 cm³/mol. The Hall–Kier alpha value is -1.95. The second kappa shape index (κ2) is 6.51. The highest BCUT2D eigenvalue weighted by Crippen LogP contribution is 2.44. The van der Waals surface area contributed by atoms with E-state index in [4.69, 9.17) is 0 Å². The van der Waals surface area contributed by atoms with Gasteiger partial charge in [-0.2, -0.15) is 0 Å². The molecule has 1 aliphatic carbocycles. The predicted octanol–water partition coefficient (Wildman–Crippen LogP) is 1.62. The summed E-state index contributed by atoms with van der Waals surface area (Å²) in [4.78, 5) is 26.3. The number of benzene rings is 1. The Morgan fingerprint density at radius 2 is 2.04 bits per heavy atom. The SMILES string of the molecule is CN1C(=O)CC[C@@H](C(=O)NCC2(CO)CC2)[C@H]1c1ccc(F)cc1. The lowest BCUT2D eigenvalue weighted by Crippen LogP contribution is -2.47. The van der Waals surface area contributed by atoms with Crippen LogP contribution in [0.3, 0.4) is 0 Å². The molecule has 0 spiro atoms. The number of carbonyl (C=O) groups excluding carboxylic acids is 2. The van der Waals surface area contributed by atoms with Crippen molar-refractivity contribution in [3.63, 3.8) is 0 Å². The lowest BCUT2D eigenvalue weighted by atomic mass is 9.84. The molecule has 1 aliphatic heterocycles. The molecule has 2 aliphatic rings. The van der Waals surface area contributed by atoms with Gasteiger partial charge in [0.2, 0.25) is 11.8 Å². The van der Waals surface area contributed by atoms with Crippen molar-refractivity contribution >= 4 is 11.8 Å². The molecule has 1 aromatic carbocycles. The summed E-state index contributed by atoms with van der Waals surface area (Å²) in [5.41, 5.74) is 0.604. The quantitative estimate of drug-likeness (QED) is 0.860. The Kier molecular flexibility index (Phi) is 4.58. The average molecular weight is 334 g/mol. The van der Waals surface area contributed by atoms with Gasteiger partial charge in [0.25, 0.3) is 0 Å². The number of amides is 2. The molecule has 24 heavy (non-hydrogen) atoms. The van der Waals surface area contributed by atoms with Crippen molar-refractivity contribution in [3.05, 3.63) is 35.6 Å². The van der Waals surface area contributed by atoms with Crippen LogP contribution >= 0.6 is 0 Å². The first-order valence-corrected chi connectivity index (χ1v) is 8.35. The van der Waals surface area contributed by atoms with Gasteiger partial charge in [0, 0.05) is 25.4 Å². The monoisotopic (exact) mass is 334 g/mol. The van der Waals surface area contributed by atoms with Crippen molar-refractivity contribution in [1.82, 2.24) is 10.2 Å². The molecule has 1 saturated heterocycles. The Balaban J connectivity index is 1.77. The number of halogens is 1. The highest BCUT2D eigenvalue weighted by molar-refractivity contribution is 5.85. The molecule has 2 fully saturated rings. The van der Waals surface area contributed by atoms with E-state index in [9.17, 15) is 19.1 Å². The molecule has 2 atom stereocenters. The molecule has 3 rings (SSSR count). The summed E-state index contributed by atoms with van der Waals surface area (Å²) in [7, 11) is 1.69. The Labute approximate surface area is 140 Å². The third-order valence-electron chi connectivity index (χ3n) is 5.34. The molecule has 2 N–H and O–H groups in total. The number of carbonyl (C=O) groups is 2. The normalized spacial score (nSPS) is 25.5. The lowest BCUT2D eigenvalue weighted by molar-refractivity contribution is -0.141. The molecule has 0 radical (unpaired) electrons. The third-order valence-corrected chi connectivity index (χ3v) is 5.34. The molecule has 0 aromatic heterocycles. The fourth-order valence-electron chi connectivity index (χ4n) is 3.40. The van der Waals surface area contributed by atoms with Gasteiger partial charge in [-0.1, -0.05) is 12.1 Å². The zero-order valence-electron chi connectivity index (χ0n) is 13.8. The number of rotatable bonds is 5. The van der Waals surface area contributed by atoms with Gasteiger partial charge in [-0.15, -0.1) is 0 Å². The summed E-state index contributed by atoms with van der Waals surface area (Å²) in [6.07, 6.45) is 2.66. The minimum Gasteiger partial charge on any atom is -0.396 e. The Bertz CT molecular complexity index is 628. The van der Waals surface area contributed by atoms with Crippen molar-refractivity contribution < 1.29 is 19.1 Å². The maximum Gasteiger partial charge on any atom is 0.225 e. The number of hydrogen-bond donors (Lipinski definition) is 2. The molecule has 0 unspecified atom stereocenters. The topological polar surface area (TPSA) is 69.6 Å². The zero-order chi connectivity index (χ0) is 17.3. The number of piperidine rings is 1. The largest absolute Gasteiger partial charge is 0.396 e. The van der Waals surface area contributed by atoms with Gasteiger partial charge in [0.05, 0.1) is 18.6 Å². The summed E-state index contributed by atoms with van der Waals surface area (Å²) >= 11 is 0. The van der Waals surface area contributed by atoms with E-state index in [1.165, 1.54) is 12.1 Å². The van der Waals surface area contributed by atoms with Crippen molar-refractivity contribution in [1.29, 1.82) is 0 Å². The molecule has 2 amide bonds. The third kappa shape index (κ3) is 3.29. The summed E-state index contributed by atoms with van der Waals surface area (Å²) < 4.78 is 13.2. The van der Waals surface area contributed by atoms with E-state index < -0.39 is 6.04 Å².